The maximum absolute atomic E-state index is 10.7. The number of ether oxygens (including phenoxy) is 1. The van der Waals surface area contributed by atoms with Gasteiger partial charge in [-0.25, -0.2) is 0 Å². The molecule has 2 heterocycles. The number of likely N-dealkylation sites (tertiary alicyclic amines) is 2. The quantitative estimate of drug-likeness (QED) is 0.130. The number of nitrogens with zero attached hydrogens (tertiary/aromatic N) is 4. The van der Waals surface area contributed by atoms with Crippen LogP contribution in [0.5, 0.6) is 0 Å². The third kappa shape index (κ3) is 13.0. The molecule has 4 fully saturated rings. The van der Waals surface area contributed by atoms with Crippen LogP contribution in [0.4, 0.5) is 0 Å². The first kappa shape index (κ1) is 51.9. The number of likely N-dealkylation sites (N-methyl/N-ethyl adjacent to an activating group) is 2. The van der Waals surface area contributed by atoms with Gasteiger partial charge in [0, 0.05) is 17.6 Å². The minimum atomic E-state index is -0.558. The molecule has 9 rings (SSSR count). The van der Waals surface area contributed by atoms with Crippen molar-refractivity contribution in [2.45, 2.75) is 135 Å². The molecule has 2 aliphatic heterocycles. The zero-order valence-electron chi connectivity index (χ0n) is 42.3. The molecular formula is C58H86N4O4. The van der Waals surface area contributed by atoms with Gasteiger partial charge in [-0.1, -0.05) is 136 Å². The normalized spacial score (nSPS) is 27.0. The highest BCUT2D eigenvalue weighted by Gasteiger charge is 2.64. The Morgan fingerprint density at radius 1 is 0.697 bits per heavy atom. The monoisotopic (exact) mass is 903 g/mol. The lowest BCUT2D eigenvalue weighted by atomic mass is 9.81. The van der Waals surface area contributed by atoms with Gasteiger partial charge in [0.2, 0.25) is 0 Å². The Hall–Kier alpha value is -3.44. The van der Waals surface area contributed by atoms with Gasteiger partial charge in [-0.3, -0.25) is 9.80 Å². The molecule has 0 amide bonds. The predicted octanol–water partition coefficient (Wildman–Crippen LogP) is 10.2. The molecule has 8 heteroatoms. The highest BCUT2D eigenvalue weighted by atomic mass is 16.5. The van der Waals surface area contributed by atoms with E-state index in [2.05, 4.69) is 61.8 Å². The number of benzene rings is 4. The van der Waals surface area contributed by atoms with E-state index in [1.165, 1.54) is 64.7 Å². The molecule has 0 spiro atoms. The molecule has 0 radical (unpaired) electrons. The molecule has 2 saturated heterocycles. The maximum atomic E-state index is 10.7. The number of rotatable bonds is 12. The summed E-state index contributed by atoms with van der Waals surface area (Å²) in [6.07, 6.45) is 7.94. The summed E-state index contributed by atoms with van der Waals surface area (Å²) in [6.45, 7) is 19.4. The molecule has 66 heavy (non-hydrogen) atoms. The third-order valence-electron chi connectivity index (χ3n) is 16.2. The molecular weight excluding hydrogens is 817 g/mol. The van der Waals surface area contributed by atoms with Crippen molar-refractivity contribution in [2.75, 3.05) is 61.0 Å². The second-order valence-corrected chi connectivity index (χ2v) is 21.9. The van der Waals surface area contributed by atoms with Gasteiger partial charge in [0.15, 0.2) is 0 Å². The van der Waals surface area contributed by atoms with Crippen molar-refractivity contribution in [1.82, 2.24) is 19.6 Å². The van der Waals surface area contributed by atoms with Gasteiger partial charge < -0.3 is 29.9 Å². The van der Waals surface area contributed by atoms with Crippen molar-refractivity contribution < 1.29 is 20.1 Å². The van der Waals surface area contributed by atoms with Crippen molar-refractivity contribution in [1.29, 1.82) is 0 Å². The average molecular weight is 903 g/mol. The zero-order valence-corrected chi connectivity index (χ0v) is 42.3. The summed E-state index contributed by atoms with van der Waals surface area (Å²) in [6, 6.07) is 39.6. The third-order valence-corrected chi connectivity index (χ3v) is 16.2. The molecule has 4 aromatic rings. The highest BCUT2D eigenvalue weighted by Crippen LogP contribution is 2.67. The molecule has 3 N–H and O–H groups in total. The van der Waals surface area contributed by atoms with Crippen molar-refractivity contribution in [3.05, 3.63) is 143 Å². The summed E-state index contributed by atoms with van der Waals surface area (Å²) in [7, 11) is 7.88. The average Bonchev–Trinajstić information content (AvgIpc) is 3.94. The zero-order chi connectivity index (χ0) is 47.6. The molecule has 3 aliphatic carbocycles. The molecule has 362 valence electrons. The molecule has 0 aromatic heterocycles. The van der Waals surface area contributed by atoms with Crippen LogP contribution in [0.3, 0.4) is 0 Å². The van der Waals surface area contributed by atoms with Crippen molar-refractivity contribution in [2.24, 2.45) is 23.2 Å². The van der Waals surface area contributed by atoms with Crippen LogP contribution in [0.2, 0.25) is 0 Å². The van der Waals surface area contributed by atoms with Crippen LogP contribution in [0.15, 0.2) is 115 Å². The summed E-state index contributed by atoms with van der Waals surface area (Å²) in [5.74, 6) is 2.46. The van der Waals surface area contributed by atoms with E-state index in [1.54, 1.807) is 11.1 Å². The fraction of sp³-hybridized carbons (Fsp3) is 0.586. The minimum absolute atomic E-state index is 0.0730. The number of aliphatic hydroxyl groups excluding tert-OH is 2. The van der Waals surface area contributed by atoms with E-state index in [-0.39, 0.29) is 11.6 Å². The largest absolute Gasteiger partial charge is 0.389 e. The SMILES string of the molecule is CC1(C)[C@@H]2C[C@H](N3CCCC3)[C@@](C)(O)C[C@@H]21.CN(C)C(C)(C)[C@H](O)c1ccccc1.CN(C)[C@@H](COCc1ccccc1)[C@@H](O)c1ccccc1.C[C@H]1Cc2ccccc2[C@H]1N1CCCC1. The summed E-state index contributed by atoms with van der Waals surface area (Å²) < 4.78 is 5.78. The Kier molecular flexibility index (Phi) is 18.3. The molecule has 8 nitrogen and oxygen atoms in total. The fourth-order valence-electron chi connectivity index (χ4n) is 11.3. The van der Waals surface area contributed by atoms with E-state index in [4.69, 9.17) is 4.74 Å². The number of aliphatic hydroxyl groups is 3. The first-order valence-corrected chi connectivity index (χ1v) is 25.1. The first-order chi connectivity index (χ1) is 31.4. The van der Waals surface area contributed by atoms with Crippen molar-refractivity contribution in [3.63, 3.8) is 0 Å². The molecule has 0 bridgehead atoms. The lowest BCUT2D eigenvalue weighted by Gasteiger charge is -2.42. The highest BCUT2D eigenvalue weighted by molar-refractivity contribution is 5.35. The molecule has 0 unspecified atom stereocenters. The van der Waals surface area contributed by atoms with E-state index in [0.717, 1.165) is 40.9 Å². The van der Waals surface area contributed by atoms with Crippen LogP contribution in [0, 0.1) is 23.2 Å². The number of hydrogen-bond donors (Lipinski definition) is 3. The Labute approximate surface area is 400 Å². The maximum Gasteiger partial charge on any atom is 0.0967 e. The number of hydrogen-bond acceptors (Lipinski definition) is 8. The van der Waals surface area contributed by atoms with Crippen LogP contribution < -0.4 is 0 Å². The molecule has 2 saturated carbocycles. The van der Waals surface area contributed by atoms with E-state index in [9.17, 15) is 15.3 Å². The van der Waals surface area contributed by atoms with Gasteiger partial charge in [-0.2, -0.15) is 0 Å². The van der Waals surface area contributed by atoms with Gasteiger partial charge in [0.05, 0.1) is 37.1 Å². The van der Waals surface area contributed by atoms with Crippen LogP contribution in [0.25, 0.3) is 0 Å². The lowest BCUT2D eigenvalue weighted by Crippen LogP contribution is -2.52. The Morgan fingerprint density at radius 3 is 1.77 bits per heavy atom. The Bertz CT molecular complexity index is 2010. The fourth-order valence-corrected chi connectivity index (χ4v) is 11.3. The summed E-state index contributed by atoms with van der Waals surface area (Å²) in [5.41, 5.74) is 6.02. The molecule has 9 atom stereocenters. The number of fused-ring (bicyclic) bond motifs is 2. The summed E-state index contributed by atoms with van der Waals surface area (Å²) in [5, 5.41) is 31.4. The summed E-state index contributed by atoms with van der Waals surface area (Å²) in [4.78, 5) is 9.27. The second-order valence-electron chi connectivity index (χ2n) is 21.9. The van der Waals surface area contributed by atoms with Gasteiger partial charge in [0.1, 0.15) is 0 Å². The molecule has 5 aliphatic rings. The topological polar surface area (TPSA) is 82.9 Å². The Balaban J connectivity index is 0.000000147. The second kappa shape index (κ2) is 23.2. The van der Waals surface area contributed by atoms with Crippen LogP contribution in [-0.4, -0.2) is 119 Å². The van der Waals surface area contributed by atoms with Crippen LogP contribution >= 0.6 is 0 Å². The van der Waals surface area contributed by atoms with Crippen molar-refractivity contribution >= 4 is 0 Å². The van der Waals surface area contributed by atoms with Gasteiger partial charge in [0.25, 0.3) is 0 Å². The van der Waals surface area contributed by atoms with E-state index in [1.807, 2.05) is 143 Å². The molecule has 4 aromatic carbocycles. The van der Waals surface area contributed by atoms with Crippen LogP contribution in [-0.2, 0) is 17.8 Å². The Morgan fingerprint density at radius 2 is 1.21 bits per heavy atom. The van der Waals surface area contributed by atoms with Crippen molar-refractivity contribution in [3.8, 4) is 0 Å². The lowest BCUT2D eigenvalue weighted by molar-refractivity contribution is -0.0566. The van der Waals surface area contributed by atoms with E-state index >= 15 is 0 Å². The standard InChI is InChI=1S/C18H23NO2.C14H25NO.C14H19N.C12H19NO/c1-19(2)17(18(20)16-11-7-4-8-12-16)14-21-13-15-9-5-3-6-10-15;1-13(2)10-8-12(15-6-4-5-7-15)14(3,16)9-11(10)13;1-11-10-12-6-2-3-7-13(12)14(11)15-8-4-5-9-15;1-12(2,13(3)4)11(14)10-8-6-5-7-9-10/h3-12,17-18,20H,13-14H2,1-2H3;10-12,16H,4-9H2,1-3H3;2-3,6-7,11,14H,4-5,8-10H2,1H3;5-9,11,14H,1-4H3/t17-,18-;10-,11+,12+,14+;11-,14-;11-/m0101/s1. The van der Waals surface area contributed by atoms with Gasteiger partial charge in [-0.15, -0.1) is 0 Å². The first-order valence-electron chi connectivity index (χ1n) is 25.1. The predicted molar refractivity (Wildman–Crippen MR) is 272 cm³/mol. The summed E-state index contributed by atoms with van der Waals surface area (Å²) >= 11 is 0. The van der Waals surface area contributed by atoms with Crippen LogP contribution in [0.1, 0.15) is 126 Å². The van der Waals surface area contributed by atoms with E-state index < -0.39 is 17.8 Å². The van der Waals surface area contributed by atoms with Gasteiger partial charge >= 0.3 is 0 Å². The minimum Gasteiger partial charge on any atom is -0.389 e. The van der Waals surface area contributed by atoms with Gasteiger partial charge in [-0.05, 0) is 171 Å². The smallest absolute Gasteiger partial charge is 0.0967 e. The van der Waals surface area contributed by atoms with E-state index in [0.29, 0.717) is 30.7 Å².